The van der Waals surface area contributed by atoms with Crippen LogP contribution >= 0.6 is 12.2 Å². The van der Waals surface area contributed by atoms with Crippen molar-refractivity contribution in [2.75, 3.05) is 21.3 Å². The Bertz CT molecular complexity index is 963. The summed E-state index contributed by atoms with van der Waals surface area (Å²) in [6, 6.07) is 15.9. The summed E-state index contributed by atoms with van der Waals surface area (Å²) < 4.78 is 15.0. The third-order valence-corrected chi connectivity index (χ3v) is 4.84. The monoisotopic (exact) mass is 384 g/mol. The molecule has 0 spiro atoms. The van der Waals surface area contributed by atoms with E-state index in [4.69, 9.17) is 26.8 Å². The Morgan fingerprint density at radius 3 is 2.41 bits per heavy atom. The van der Waals surface area contributed by atoms with Gasteiger partial charge < -0.3 is 14.0 Å². The molecule has 7 heteroatoms. The van der Waals surface area contributed by atoms with E-state index in [1.54, 1.807) is 14.2 Å². The lowest BCUT2D eigenvalue weighted by Gasteiger charge is -2.16. The highest BCUT2D eigenvalue weighted by Gasteiger charge is 2.12. The molecule has 0 aliphatic carbocycles. The summed E-state index contributed by atoms with van der Waals surface area (Å²) in [6.07, 6.45) is 0. The Morgan fingerprint density at radius 1 is 1.04 bits per heavy atom. The van der Waals surface area contributed by atoms with Crippen molar-refractivity contribution in [1.29, 1.82) is 0 Å². The van der Waals surface area contributed by atoms with Gasteiger partial charge in [0.2, 0.25) is 0 Å². The fourth-order valence-corrected chi connectivity index (χ4v) is 3.12. The standard InChI is InChI=1S/C20H24N4O2S/c1-22(13-15-6-5-7-18(12-15)26-4)14-24-20(27)23(2)19(21-24)16-8-10-17(25-3)11-9-16/h5-12H,13-14H2,1-4H3. The SMILES string of the molecule is COc1ccc(-c2nn(CN(C)Cc3cccc(OC)c3)c(=S)n2C)cc1. The van der Waals surface area contributed by atoms with Gasteiger partial charge in [-0.05, 0) is 61.2 Å². The van der Waals surface area contributed by atoms with Crippen LogP contribution in [0, 0.1) is 4.77 Å². The minimum absolute atomic E-state index is 0.597. The molecule has 0 N–H and O–H groups in total. The third kappa shape index (κ3) is 4.37. The second kappa shape index (κ2) is 8.37. The van der Waals surface area contributed by atoms with Crippen LogP contribution in [0.4, 0.5) is 0 Å². The quantitative estimate of drug-likeness (QED) is 0.581. The van der Waals surface area contributed by atoms with E-state index in [1.165, 1.54) is 5.56 Å². The summed E-state index contributed by atoms with van der Waals surface area (Å²) in [5.74, 6) is 2.51. The van der Waals surface area contributed by atoms with Gasteiger partial charge in [0.1, 0.15) is 11.5 Å². The lowest BCUT2D eigenvalue weighted by atomic mass is 10.2. The average molecular weight is 385 g/mol. The first-order chi connectivity index (χ1) is 13.0. The van der Waals surface area contributed by atoms with Crippen LogP contribution in [0.15, 0.2) is 48.5 Å². The first-order valence-electron chi connectivity index (χ1n) is 8.61. The Kier molecular flexibility index (Phi) is 5.93. The number of hydrogen-bond acceptors (Lipinski definition) is 5. The van der Waals surface area contributed by atoms with Crippen molar-refractivity contribution in [3.05, 3.63) is 58.9 Å². The van der Waals surface area contributed by atoms with Gasteiger partial charge in [0, 0.05) is 19.2 Å². The van der Waals surface area contributed by atoms with Crippen LogP contribution in [0.3, 0.4) is 0 Å². The molecular weight excluding hydrogens is 360 g/mol. The molecule has 0 aliphatic rings. The zero-order chi connectivity index (χ0) is 19.4. The van der Waals surface area contributed by atoms with Gasteiger partial charge in [0.15, 0.2) is 10.6 Å². The summed E-state index contributed by atoms with van der Waals surface area (Å²) in [6.45, 7) is 1.37. The van der Waals surface area contributed by atoms with Gasteiger partial charge in [-0.15, -0.1) is 0 Å². The maximum absolute atomic E-state index is 5.58. The van der Waals surface area contributed by atoms with E-state index < -0.39 is 0 Å². The molecule has 0 aliphatic heterocycles. The summed E-state index contributed by atoms with van der Waals surface area (Å²) in [7, 11) is 7.32. The van der Waals surface area contributed by atoms with Crippen molar-refractivity contribution >= 4 is 12.2 Å². The average Bonchev–Trinajstić information content (AvgIpc) is 2.96. The highest BCUT2D eigenvalue weighted by molar-refractivity contribution is 7.71. The topological polar surface area (TPSA) is 44.4 Å². The van der Waals surface area contributed by atoms with Gasteiger partial charge in [-0.25, -0.2) is 4.68 Å². The van der Waals surface area contributed by atoms with Crippen LogP contribution < -0.4 is 9.47 Å². The van der Waals surface area contributed by atoms with Crippen LogP contribution in [-0.4, -0.2) is 40.5 Å². The first kappa shape index (κ1) is 19.1. The molecule has 0 radical (unpaired) electrons. The Morgan fingerprint density at radius 2 is 1.74 bits per heavy atom. The van der Waals surface area contributed by atoms with Crippen molar-refractivity contribution in [3.63, 3.8) is 0 Å². The van der Waals surface area contributed by atoms with Gasteiger partial charge >= 0.3 is 0 Å². The number of nitrogens with zero attached hydrogens (tertiary/aromatic N) is 4. The highest BCUT2D eigenvalue weighted by Crippen LogP contribution is 2.21. The molecule has 1 heterocycles. The van der Waals surface area contributed by atoms with E-state index in [2.05, 4.69) is 11.0 Å². The summed E-state index contributed by atoms with van der Waals surface area (Å²) in [5.41, 5.74) is 2.17. The Balaban J connectivity index is 1.77. The summed E-state index contributed by atoms with van der Waals surface area (Å²) in [4.78, 5) is 2.16. The minimum Gasteiger partial charge on any atom is -0.497 e. The molecule has 0 saturated heterocycles. The fourth-order valence-electron chi connectivity index (χ4n) is 2.93. The van der Waals surface area contributed by atoms with Crippen molar-refractivity contribution < 1.29 is 9.47 Å². The number of hydrogen-bond donors (Lipinski definition) is 0. The minimum atomic E-state index is 0.597. The highest BCUT2D eigenvalue weighted by atomic mass is 32.1. The second-order valence-corrected chi connectivity index (χ2v) is 6.77. The van der Waals surface area contributed by atoms with Gasteiger partial charge in [-0.2, -0.15) is 5.10 Å². The lowest BCUT2D eigenvalue weighted by Crippen LogP contribution is -2.22. The molecule has 0 amide bonds. The van der Waals surface area contributed by atoms with Crippen molar-refractivity contribution in [1.82, 2.24) is 19.2 Å². The van der Waals surface area contributed by atoms with E-state index in [0.717, 1.165) is 29.4 Å². The molecule has 0 atom stereocenters. The second-order valence-electron chi connectivity index (χ2n) is 6.40. The molecule has 2 aromatic carbocycles. The molecule has 6 nitrogen and oxygen atoms in total. The molecule has 142 valence electrons. The smallest absolute Gasteiger partial charge is 0.199 e. The zero-order valence-corrected chi connectivity index (χ0v) is 16.9. The van der Waals surface area contributed by atoms with Crippen molar-refractivity contribution in [2.45, 2.75) is 13.2 Å². The molecule has 0 bridgehead atoms. The van der Waals surface area contributed by atoms with E-state index in [-0.39, 0.29) is 0 Å². The normalized spacial score (nSPS) is 11.0. The number of aromatic nitrogens is 3. The number of benzene rings is 2. The van der Waals surface area contributed by atoms with E-state index in [0.29, 0.717) is 11.4 Å². The van der Waals surface area contributed by atoms with Crippen LogP contribution in [0.2, 0.25) is 0 Å². The van der Waals surface area contributed by atoms with Gasteiger partial charge in [-0.3, -0.25) is 4.90 Å². The maximum atomic E-state index is 5.58. The van der Waals surface area contributed by atoms with Crippen LogP contribution in [-0.2, 0) is 20.3 Å². The van der Waals surface area contributed by atoms with Crippen LogP contribution in [0.5, 0.6) is 11.5 Å². The first-order valence-corrected chi connectivity index (χ1v) is 9.02. The molecule has 27 heavy (non-hydrogen) atoms. The zero-order valence-electron chi connectivity index (χ0n) is 16.0. The Hall–Kier alpha value is -2.64. The van der Waals surface area contributed by atoms with E-state index in [9.17, 15) is 0 Å². The molecule has 3 aromatic rings. The molecule has 0 unspecified atom stereocenters. The van der Waals surface area contributed by atoms with Crippen LogP contribution in [0.25, 0.3) is 11.4 Å². The largest absolute Gasteiger partial charge is 0.497 e. The molecule has 0 fully saturated rings. The number of rotatable bonds is 7. The Labute approximate surface area is 164 Å². The predicted molar refractivity (Wildman–Crippen MR) is 108 cm³/mol. The van der Waals surface area contributed by atoms with Crippen LogP contribution in [0.1, 0.15) is 5.56 Å². The van der Waals surface area contributed by atoms with Gasteiger partial charge in [0.25, 0.3) is 0 Å². The molecular formula is C20H24N4O2S. The number of ether oxygens (including phenoxy) is 2. The fraction of sp³-hybridized carbons (Fsp3) is 0.300. The van der Waals surface area contributed by atoms with E-state index in [1.807, 2.05) is 65.8 Å². The summed E-state index contributed by atoms with van der Waals surface area (Å²) in [5, 5.41) is 4.72. The van der Waals surface area contributed by atoms with Gasteiger partial charge in [0.05, 0.1) is 20.9 Å². The van der Waals surface area contributed by atoms with Crippen molar-refractivity contribution in [3.8, 4) is 22.9 Å². The summed E-state index contributed by atoms with van der Waals surface area (Å²) >= 11 is 5.58. The third-order valence-electron chi connectivity index (χ3n) is 4.35. The molecule has 0 saturated carbocycles. The maximum Gasteiger partial charge on any atom is 0.199 e. The molecule has 3 rings (SSSR count). The molecule has 1 aromatic heterocycles. The van der Waals surface area contributed by atoms with Crippen molar-refractivity contribution in [2.24, 2.45) is 7.05 Å². The lowest BCUT2D eigenvalue weighted by molar-refractivity contribution is 0.244. The predicted octanol–water partition coefficient (Wildman–Crippen LogP) is 3.72. The van der Waals surface area contributed by atoms with Gasteiger partial charge in [-0.1, -0.05) is 12.1 Å². The number of methoxy groups -OCH3 is 2. The van der Waals surface area contributed by atoms with E-state index >= 15 is 0 Å².